The SMILES string of the molecule is CCN1CCC(Nc2cc(C)c([N+](=O)[O-])cn2)C1c1cc(F)c(F)c(F)c1. The highest BCUT2D eigenvalue weighted by Crippen LogP contribution is 2.35. The van der Waals surface area contributed by atoms with E-state index in [0.717, 1.165) is 12.1 Å². The normalized spacial score (nSPS) is 20.0. The molecule has 0 amide bonds. The Labute approximate surface area is 154 Å². The number of likely N-dealkylation sites (N-methyl/N-ethyl adjacent to an activating group) is 1. The standard InChI is InChI=1S/C18H19F3N4O2/c1-3-24-5-4-14(18(24)11-7-12(19)17(21)13(20)8-11)23-16-6-10(2)15(9-22-16)25(26)27/h6-9,14,18H,3-5H2,1-2H3,(H,22,23). The van der Waals surface area contributed by atoms with Crippen molar-refractivity contribution in [3.63, 3.8) is 0 Å². The van der Waals surface area contributed by atoms with E-state index in [1.165, 1.54) is 6.20 Å². The van der Waals surface area contributed by atoms with Crippen molar-refractivity contribution in [2.24, 2.45) is 0 Å². The van der Waals surface area contributed by atoms with Crippen LogP contribution in [0, 0.1) is 34.5 Å². The van der Waals surface area contributed by atoms with Gasteiger partial charge in [0.15, 0.2) is 17.5 Å². The lowest BCUT2D eigenvalue weighted by Crippen LogP contribution is -2.31. The Morgan fingerprint density at radius 3 is 2.52 bits per heavy atom. The lowest BCUT2D eigenvalue weighted by atomic mass is 9.99. The fraction of sp³-hybridized carbons (Fsp3) is 0.389. The second-order valence-electron chi connectivity index (χ2n) is 6.52. The number of pyridine rings is 1. The molecule has 6 nitrogen and oxygen atoms in total. The summed E-state index contributed by atoms with van der Waals surface area (Å²) in [6.45, 7) is 4.88. The number of aromatic nitrogens is 1. The molecule has 2 heterocycles. The summed E-state index contributed by atoms with van der Waals surface area (Å²) in [4.78, 5) is 16.5. The van der Waals surface area contributed by atoms with Gasteiger partial charge in [-0.25, -0.2) is 18.2 Å². The van der Waals surface area contributed by atoms with E-state index in [2.05, 4.69) is 10.3 Å². The number of anilines is 1. The monoisotopic (exact) mass is 380 g/mol. The summed E-state index contributed by atoms with van der Waals surface area (Å²) in [6.07, 6.45) is 1.85. The predicted octanol–water partition coefficient (Wildman–Crippen LogP) is 3.96. The summed E-state index contributed by atoms with van der Waals surface area (Å²) in [5, 5.41) is 14.1. The summed E-state index contributed by atoms with van der Waals surface area (Å²) < 4.78 is 40.8. The second kappa shape index (κ2) is 7.51. The summed E-state index contributed by atoms with van der Waals surface area (Å²) >= 11 is 0. The molecule has 27 heavy (non-hydrogen) atoms. The molecule has 0 aliphatic carbocycles. The number of likely N-dealkylation sites (tertiary alicyclic amines) is 1. The number of aryl methyl sites for hydroxylation is 1. The fourth-order valence-corrected chi connectivity index (χ4v) is 3.56. The molecule has 2 unspecified atom stereocenters. The third kappa shape index (κ3) is 3.73. The Kier molecular flexibility index (Phi) is 5.31. The third-order valence-electron chi connectivity index (χ3n) is 4.87. The first-order chi connectivity index (χ1) is 12.8. The van der Waals surface area contributed by atoms with E-state index in [0.29, 0.717) is 36.5 Å². The molecule has 1 aromatic carbocycles. The van der Waals surface area contributed by atoms with E-state index in [-0.39, 0.29) is 17.8 Å². The first-order valence-corrected chi connectivity index (χ1v) is 8.57. The minimum absolute atomic E-state index is 0.0821. The molecule has 1 saturated heterocycles. The summed E-state index contributed by atoms with van der Waals surface area (Å²) in [5.74, 6) is -3.50. The van der Waals surface area contributed by atoms with Crippen molar-refractivity contribution in [1.29, 1.82) is 0 Å². The van der Waals surface area contributed by atoms with Gasteiger partial charge in [-0.3, -0.25) is 15.0 Å². The van der Waals surface area contributed by atoms with Crippen molar-refractivity contribution < 1.29 is 18.1 Å². The van der Waals surface area contributed by atoms with Crippen LogP contribution in [0.1, 0.15) is 30.5 Å². The first-order valence-electron chi connectivity index (χ1n) is 8.57. The summed E-state index contributed by atoms with van der Waals surface area (Å²) in [5.41, 5.74) is 0.710. The van der Waals surface area contributed by atoms with Gasteiger partial charge in [-0.05, 0) is 43.7 Å². The molecule has 1 N–H and O–H groups in total. The van der Waals surface area contributed by atoms with Gasteiger partial charge in [0.25, 0.3) is 5.69 Å². The van der Waals surface area contributed by atoms with Gasteiger partial charge in [-0.1, -0.05) is 6.92 Å². The van der Waals surface area contributed by atoms with Crippen LogP contribution in [-0.4, -0.2) is 33.9 Å². The molecule has 2 aromatic rings. The number of benzene rings is 1. The van der Waals surface area contributed by atoms with Crippen LogP contribution in [-0.2, 0) is 0 Å². The molecule has 3 rings (SSSR count). The van der Waals surface area contributed by atoms with Gasteiger partial charge in [-0.2, -0.15) is 0 Å². The molecule has 0 spiro atoms. The second-order valence-corrected chi connectivity index (χ2v) is 6.52. The number of hydrogen-bond donors (Lipinski definition) is 1. The zero-order valence-corrected chi connectivity index (χ0v) is 14.9. The molecule has 144 valence electrons. The molecule has 2 atom stereocenters. The van der Waals surface area contributed by atoms with Gasteiger partial charge in [0, 0.05) is 18.2 Å². The molecule has 0 bridgehead atoms. The number of halogens is 3. The zero-order chi connectivity index (χ0) is 19.7. The molecule has 0 saturated carbocycles. The van der Waals surface area contributed by atoms with Gasteiger partial charge >= 0.3 is 0 Å². The van der Waals surface area contributed by atoms with Crippen LogP contribution in [0.5, 0.6) is 0 Å². The minimum Gasteiger partial charge on any atom is -0.365 e. The lowest BCUT2D eigenvalue weighted by molar-refractivity contribution is -0.385. The minimum atomic E-state index is -1.49. The number of nitrogens with zero attached hydrogens (tertiary/aromatic N) is 3. The van der Waals surface area contributed by atoms with E-state index >= 15 is 0 Å². The van der Waals surface area contributed by atoms with Gasteiger partial charge in [0.05, 0.1) is 11.0 Å². The highest BCUT2D eigenvalue weighted by molar-refractivity contribution is 5.48. The van der Waals surface area contributed by atoms with Gasteiger partial charge in [0.1, 0.15) is 12.0 Å². The number of hydrogen-bond acceptors (Lipinski definition) is 5. The molecule has 1 aliphatic rings. The highest BCUT2D eigenvalue weighted by atomic mass is 19.2. The maximum Gasteiger partial charge on any atom is 0.290 e. The van der Waals surface area contributed by atoms with E-state index in [9.17, 15) is 23.3 Å². The molecule has 1 fully saturated rings. The quantitative estimate of drug-likeness (QED) is 0.483. The smallest absolute Gasteiger partial charge is 0.290 e. The van der Waals surface area contributed by atoms with E-state index in [1.807, 2.05) is 11.8 Å². The molecule has 1 aliphatic heterocycles. The summed E-state index contributed by atoms with van der Waals surface area (Å²) in [6, 6.07) is 2.98. The van der Waals surface area contributed by atoms with E-state index in [4.69, 9.17) is 0 Å². The van der Waals surface area contributed by atoms with Gasteiger partial charge in [-0.15, -0.1) is 0 Å². The van der Waals surface area contributed by atoms with Crippen molar-refractivity contribution in [2.75, 3.05) is 18.4 Å². The van der Waals surface area contributed by atoms with Crippen LogP contribution in [0.4, 0.5) is 24.7 Å². The van der Waals surface area contributed by atoms with Crippen molar-refractivity contribution in [1.82, 2.24) is 9.88 Å². The molecule has 1 aromatic heterocycles. The third-order valence-corrected chi connectivity index (χ3v) is 4.87. The van der Waals surface area contributed by atoms with E-state index < -0.39 is 22.4 Å². The largest absolute Gasteiger partial charge is 0.365 e. The highest BCUT2D eigenvalue weighted by Gasteiger charge is 2.35. The van der Waals surface area contributed by atoms with Crippen LogP contribution in [0.3, 0.4) is 0 Å². The van der Waals surface area contributed by atoms with Crippen LogP contribution in [0.15, 0.2) is 24.4 Å². The van der Waals surface area contributed by atoms with Crippen LogP contribution < -0.4 is 5.32 Å². The maximum atomic E-state index is 13.7. The van der Waals surface area contributed by atoms with Crippen molar-refractivity contribution in [3.8, 4) is 0 Å². The molecule has 0 radical (unpaired) electrons. The Hall–Kier alpha value is -2.68. The summed E-state index contributed by atoms with van der Waals surface area (Å²) in [7, 11) is 0. The first kappa shape index (κ1) is 19.1. The van der Waals surface area contributed by atoms with Crippen molar-refractivity contribution in [2.45, 2.75) is 32.4 Å². The average molecular weight is 380 g/mol. The van der Waals surface area contributed by atoms with Gasteiger partial charge in [0.2, 0.25) is 0 Å². The fourth-order valence-electron chi connectivity index (χ4n) is 3.56. The van der Waals surface area contributed by atoms with Crippen molar-refractivity contribution in [3.05, 3.63) is 63.1 Å². The number of nitrogens with one attached hydrogen (secondary N) is 1. The predicted molar refractivity (Wildman–Crippen MR) is 94.0 cm³/mol. The van der Waals surface area contributed by atoms with Crippen LogP contribution >= 0.6 is 0 Å². The van der Waals surface area contributed by atoms with Crippen LogP contribution in [0.2, 0.25) is 0 Å². The molecular weight excluding hydrogens is 361 g/mol. The molecule has 9 heteroatoms. The molecular formula is C18H19F3N4O2. The maximum absolute atomic E-state index is 13.7. The van der Waals surface area contributed by atoms with Crippen LogP contribution in [0.25, 0.3) is 0 Å². The Balaban J connectivity index is 1.90. The Morgan fingerprint density at radius 2 is 1.96 bits per heavy atom. The lowest BCUT2D eigenvalue weighted by Gasteiger charge is -2.28. The number of nitro groups is 1. The van der Waals surface area contributed by atoms with E-state index in [1.54, 1.807) is 13.0 Å². The Bertz CT molecular complexity index is 855. The van der Waals surface area contributed by atoms with Crippen molar-refractivity contribution >= 4 is 11.5 Å². The zero-order valence-electron chi connectivity index (χ0n) is 14.9. The average Bonchev–Trinajstić information content (AvgIpc) is 3.01. The topological polar surface area (TPSA) is 71.3 Å². The van der Waals surface area contributed by atoms with Gasteiger partial charge < -0.3 is 5.32 Å². The Morgan fingerprint density at radius 1 is 1.30 bits per heavy atom. The number of rotatable bonds is 5.